The van der Waals surface area contributed by atoms with Gasteiger partial charge in [0.05, 0.1) is 20.8 Å². The van der Waals surface area contributed by atoms with Crippen LogP contribution in [0.25, 0.3) is 20.8 Å². The van der Waals surface area contributed by atoms with Gasteiger partial charge in [-0.2, -0.15) is 0 Å². The van der Waals surface area contributed by atoms with Gasteiger partial charge in [0, 0.05) is 18.5 Å². The molecule has 0 aliphatic rings. The van der Waals surface area contributed by atoms with Crippen LogP contribution in [-0.2, 0) is 4.79 Å². The Kier molecular flexibility index (Phi) is 5.97. The summed E-state index contributed by atoms with van der Waals surface area (Å²) in [5.41, 5.74) is 2.61. The van der Waals surface area contributed by atoms with Crippen LogP contribution in [0.1, 0.15) is 22.5 Å². The van der Waals surface area contributed by atoms with Gasteiger partial charge in [0.1, 0.15) is 5.01 Å². The van der Waals surface area contributed by atoms with Crippen LogP contribution in [0.5, 0.6) is 0 Å². The van der Waals surface area contributed by atoms with Gasteiger partial charge in [-0.1, -0.05) is 30.3 Å². The van der Waals surface area contributed by atoms with Crippen molar-refractivity contribution >= 4 is 50.4 Å². The number of nitrogens with one attached hydrogen (secondary N) is 2. The molecule has 0 atom stereocenters. The molecule has 2 aromatic heterocycles. The fourth-order valence-corrected chi connectivity index (χ4v) is 4.57. The van der Waals surface area contributed by atoms with Gasteiger partial charge in [-0.15, -0.1) is 22.7 Å². The molecule has 0 spiro atoms. The summed E-state index contributed by atoms with van der Waals surface area (Å²) in [5.74, 6) is -0.175. The van der Waals surface area contributed by atoms with E-state index < -0.39 is 0 Å². The lowest BCUT2D eigenvalue weighted by atomic mass is 10.1. The molecule has 2 amide bonds. The van der Waals surface area contributed by atoms with Crippen LogP contribution in [0.2, 0.25) is 0 Å². The predicted molar refractivity (Wildman–Crippen MR) is 120 cm³/mol. The van der Waals surface area contributed by atoms with E-state index in [1.807, 2.05) is 60.0 Å². The molecule has 0 aliphatic carbocycles. The van der Waals surface area contributed by atoms with Crippen LogP contribution >= 0.6 is 22.7 Å². The number of amides is 2. The molecule has 5 nitrogen and oxygen atoms in total. The maximum absolute atomic E-state index is 12.4. The number of thiazole rings is 1. The number of fused-ring (bicyclic) bond motifs is 1. The summed E-state index contributed by atoms with van der Waals surface area (Å²) in [6.07, 6.45) is 0.908. The van der Waals surface area contributed by atoms with E-state index in [1.165, 1.54) is 11.3 Å². The van der Waals surface area contributed by atoms with Crippen LogP contribution < -0.4 is 10.6 Å². The van der Waals surface area contributed by atoms with Gasteiger partial charge in [-0.3, -0.25) is 9.59 Å². The molecule has 2 heterocycles. The van der Waals surface area contributed by atoms with Gasteiger partial charge >= 0.3 is 0 Å². The maximum Gasteiger partial charge on any atom is 0.261 e. The highest BCUT2D eigenvalue weighted by Crippen LogP contribution is 2.34. The minimum absolute atomic E-state index is 0.0797. The van der Waals surface area contributed by atoms with Crippen LogP contribution in [0.15, 0.2) is 66.0 Å². The minimum atomic E-state index is -0.0958. The van der Waals surface area contributed by atoms with E-state index in [2.05, 4.69) is 10.6 Å². The summed E-state index contributed by atoms with van der Waals surface area (Å²) in [7, 11) is 0. The van der Waals surface area contributed by atoms with Crippen LogP contribution in [0.4, 0.5) is 5.69 Å². The Morgan fingerprint density at radius 2 is 1.79 bits per heavy atom. The number of anilines is 1. The topological polar surface area (TPSA) is 71.1 Å². The molecule has 0 bridgehead atoms. The monoisotopic (exact) mass is 421 g/mol. The summed E-state index contributed by atoms with van der Waals surface area (Å²) in [6, 6.07) is 19.3. The number of hydrogen-bond donors (Lipinski definition) is 2. The number of aromatic nitrogens is 1. The lowest BCUT2D eigenvalue weighted by Crippen LogP contribution is -2.24. The van der Waals surface area contributed by atoms with Gasteiger partial charge in [0.2, 0.25) is 5.91 Å². The van der Waals surface area contributed by atoms with Crippen molar-refractivity contribution in [3.8, 4) is 10.6 Å². The van der Waals surface area contributed by atoms with Crippen molar-refractivity contribution in [1.29, 1.82) is 0 Å². The number of para-hydroxylation sites is 2. The van der Waals surface area contributed by atoms with E-state index in [0.29, 0.717) is 24.3 Å². The minimum Gasteiger partial charge on any atom is -0.351 e. The fraction of sp³-hybridized carbons (Fsp3) is 0.136. The Hall–Kier alpha value is -3.03. The van der Waals surface area contributed by atoms with Crippen molar-refractivity contribution < 1.29 is 9.59 Å². The molecule has 0 fully saturated rings. The number of carbonyl (C=O) groups is 2. The van der Waals surface area contributed by atoms with E-state index in [-0.39, 0.29) is 11.8 Å². The molecule has 29 heavy (non-hydrogen) atoms. The molecule has 0 aliphatic heterocycles. The molecular formula is C22H19N3O2S2. The van der Waals surface area contributed by atoms with Crippen LogP contribution in [0.3, 0.4) is 0 Å². The molecular weight excluding hydrogens is 402 g/mol. The number of nitrogens with zero attached hydrogens (tertiary/aromatic N) is 1. The molecule has 2 N–H and O–H groups in total. The summed E-state index contributed by atoms with van der Waals surface area (Å²) < 4.78 is 1.12. The molecule has 4 rings (SSSR count). The highest BCUT2D eigenvalue weighted by Gasteiger charge is 2.12. The van der Waals surface area contributed by atoms with Crippen LogP contribution in [0, 0.1) is 0 Å². The quantitative estimate of drug-likeness (QED) is 0.404. The van der Waals surface area contributed by atoms with Gasteiger partial charge in [0.15, 0.2) is 0 Å². The van der Waals surface area contributed by atoms with Crippen molar-refractivity contribution in [2.24, 2.45) is 0 Å². The zero-order chi connectivity index (χ0) is 20.1. The summed E-state index contributed by atoms with van der Waals surface area (Å²) >= 11 is 3.01. The first-order valence-corrected chi connectivity index (χ1v) is 11.0. The average Bonchev–Trinajstić information content (AvgIpc) is 3.41. The Morgan fingerprint density at radius 1 is 0.966 bits per heavy atom. The van der Waals surface area contributed by atoms with Crippen molar-refractivity contribution in [3.05, 3.63) is 70.9 Å². The number of hydrogen-bond acceptors (Lipinski definition) is 5. The van der Waals surface area contributed by atoms with E-state index in [1.54, 1.807) is 17.4 Å². The zero-order valence-electron chi connectivity index (χ0n) is 15.6. The number of thiophene rings is 1. The van der Waals surface area contributed by atoms with E-state index >= 15 is 0 Å². The van der Waals surface area contributed by atoms with Gasteiger partial charge in [-0.25, -0.2) is 4.98 Å². The van der Waals surface area contributed by atoms with Gasteiger partial charge in [0.25, 0.3) is 5.91 Å². The number of carbonyl (C=O) groups excluding carboxylic acids is 2. The van der Waals surface area contributed by atoms with Crippen molar-refractivity contribution in [3.63, 3.8) is 0 Å². The third-order valence-electron chi connectivity index (χ3n) is 4.34. The highest BCUT2D eigenvalue weighted by molar-refractivity contribution is 7.21. The Bertz CT molecular complexity index is 1100. The van der Waals surface area contributed by atoms with Crippen LogP contribution in [-0.4, -0.2) is 23.3 Å². The molecule has 7 heteroatoms. The Balaban J connectivity index is 1.35. The van der Waals surface area contributed by atoms with Crippen molar-refractivity contribution in [1.82, 2.24) is 10.3 Å². The molecule has 0 saturated carbocycles. The van der Waals surface area contributed by atoms with E-state index in [0.717, 1.165) is 26.5 Å². The smallest absolute Gasteiger partial charge is 0.261 e. The lowest BCUT2D eigenvalue weighted by molar-refractivity contribution is -0.116. The second-order valence-corrected chi connectivity index (χ2v) is 8.40. The Labute approximate surface area is 176 Å². The van der Waals surface area contributed by atoms with Crippen molar-refractivity contribution in [2.75, 3.05) is 11.9 Å². The molecule has 0 unspecified atom stereocenters. The highest BCUT2D eigenvalue weighted by atomic mass is 32.1. The lowest BCUT2D eigenvalue weighted by Gasteiger charge is -2.09. The summed E-state index contributed by atoms with van der Waals surface area (Å²) in [4.78, 5) is 29.7. The third kappa shape index (κ3) is 4.70. The molecule has 4 aromatic rings. The maximum atomic E-state index is 12.4. The second kappa shape index (κ2) is 8.98. The first-order chi connectivity index (χ1) is 14.2. The van der Waals surface area contributed by atoms with Gasteiger partial charge in [-0.05, 0) is 42.1 Å². The second-order valence-electron chi connectivity index (χ2n) is 6.42. The molecule has 2 aromatic carbocycles. The SMILES string of the molecule is O=C(CCCNC(=O)c1cccs1)Nc1ccccc1-c1nc2ccccc2s1. The largest absolute Gasteiger partial charge is 0.351 e. The summed E-state index contributed by atoms with van der Waals surface area (Å²) in [5, 5.41) is 8.57. The fourth-order valence-electron chi connectivity index (χ4n) is 2.92. The first-order valence-electron chi connectivity index (χ1n) is 9.27. The molecule has 0 saturated heterocycles. The molecule has 0 radical (unpaired) electrons. The Morgan fingerprint density at radius 3 is 2.62 bits per heavy atom. The van der Waals surface area contributed by atoms with E-state index in [4.69, 9.17) is 4.98 Å². The molecule has 146 valence electrons. The normalized spacial score (nSPS) is 10.8. The third-order valence-corrected chi connectivity index (χ3v) is 6.27. The van der Waals surface area contributed by atoms with E-state index in [9.17, 15) is 9.59 Å². The summed E-state index contributed by atoms with van der Waals surface area (Å²) in [6.45, 7) is 0.462. The standard InChI is InChI=1S/C22H19N3O2S2/c26-20(12-5-13-23-21(27)19-11-6-14-28-19)24-16-8-2-1-7-15(16)22-25-17-9-3-4-10-18(17)29-22/h1-4,6-11,14H,5,12-13H2,(H,23,27)(H,24,26). The first kappa shape index (κ1) is 19.3. The number of benzene rings is 2. The predicted octanol–water partition coefficient (Wildman–Crippen LogP) is 5.17. The number of rotatable bonds is 7. The zero-order valence-corrected chi connectivity index (χ0v) is 17.2. The average molecular weight is 422 g/mol. The van der Waals surface area contributed by atoms with Crippen molar-refractivity contribution in [2.45, 2.75) is 12.8 Å². The van der Waals surface area contributed by atoms with Gasteiger partial charge < -0.3 is 10.6 Å².